The molecule has 1 amide bonds. The third-order valence-corrected chi connectivity index (χ3v) is 2.11. The largest absolute Gasteiger partial charge is 0.352 e. The van der Waals surface area contributed by atoms with E-state index in [4.69, 9.17) is 0 Å². The Morgan fingerprint density at radius 3 is 2.93 bits per heavy atom. The molecule has 0 radical (unpaired) electrons. The van der Waals surface area contributed by atoms with Gasteiger partial charge in [0.05, 0.1) is 11.8 Å². The van der Waals surface area contributed by atoms with E-state index in [1.807, 2.05) is 14.0 Å². The summed E-state index contributed by atoms with van der Waals surface area (Å²) in [6, 6.07) is 0. The quantitative estimate of drug-likeness (QED) is 0.661. The molecule has 0 unspecified atom stereocenters. The molecule has 0 bridgehead atoms. The zero-order valence-electron chi connectivity index (χ0n) is 9.29. The van der Waals surface area contributed by atoms with Crippen molar-refractivity contribution in [1.82, 2.24) is 20.4 Å². The minimum atomic E-state index is -0.0502. The number of hydrogen-bond acceptors (Lipinski definition) is 3. The molecule has 1 aromatic rings. The third kappa shape index (κ3) is 3.71. The summed E-state index contributed by atoms with van der Waals surface area (Å²) < 4.78 is 1.74. The predicted molar refractivity (Wildman–Crippen MR) is 58.8 cm³/mol. The van der Waals surface area contributed by atoms with Crippen LogP contribution in [0.2, 0.25) is 0 Å². The van der Waals surface area contributed by atoms with E-state index in [1.165, 1.54) is 0 Å². The van der Waals surface area contributed by atoms with Crippen molar-refractivity contribution in [2.45, 2.75) is 19.9 Å². The first-order valence-corrected chi connectivity index (χ1v) is 5.23. The first kappa shape index (κ1) is 11.7. The Balaban J connectivity index is 2.33. The number of hydrogen-bond donors (Lipinski definition) is 2. The second kappa shape index (κ2) is 6.19. The molecule has 15 heavy (non-hydrogen) atoms. The van der Waals surface area contributed by atoms with Crippen molar-refractivity contribution in [2.24, 2.45) is 0 Å². The average Bonchev–Trinajstić information content (AvgIpc) is 2.72. The topological polar surface area (TPSA) is 59.0 Å². The second-order valence-corrected chi connectivity index (χ2v) is 3.30. The van der Waals surface area contributed by atoms with Crippen LogP contribution in [0.1, 0.15) is 23.7 Å². The van der Waals surface area contributed by atoms with Gasteiger partial charge >= 0.3 is 0 Å². The summed E-state index contributed by atoms with van der Waals surface area (Å²) in [5.74, 6) is -0.0502. The Hall–Kier alpha value is -1.36. The molecule has 0 aliphatic heterocycles. The van der Waals surface area contributed by atoms with E-state index < -0.39 is 0 Å². The van der Waals surface area contributed by atoms with E-state index in [1.54, 1.807) is 17.1 Å². The molecule has 0 saturated heterocycles. The van der Waals surface area contributed by atoms with Gasteiger partial charge in [-0.1, -0.05) is 0 Å². The van der Waals surface area contributed by atoms with Crippen molar-refractivity contribution in [3.63, 3.8) is 0 Å². The number of rotatable bonds is 6. The molecule has 1 rings (SSSR count). The minimum absolute atomic E-state index is 0.0502. The lowest BCUT2D eigenvalue weighted by Gasteiger charge is -2.02. The van der Waals surface area contributed by atoms with Gasteiger partial charge in [0, 0.05) is 19.3 Å². The molecule has 0 atom stereocenters. The van der Waals surface area contributed by atoms with Gasteiger partial charge in [-0.3, -0.25) is 9.48 Å². The maximum absolute atomic E-state index is 11.6. The summed E-state index contributed by atoms with van der Waals surface area (Å²) >= 11 is 0. The number of aryl methyl sites for hydroxylation is 1. The standard InChI is InChI=1S/C10H18N4O/c1-3-14-8-9(7-13-14)10(15)12-6-4-5-11-2/h7-8,11H,3-6H2,1-2H3,(H,12,15). The summed E-state index contributed by atoms with van der Waals surface area (Å²) in [6.45, 7) is 4.38. The first-order chi connectivity index (χ1) is 7.27. The van der Waals surface area contributed by atoms with Gasteiger partial charge in [-0.05, 0) is 26.9 Å². The van der Waals surface area contributed by atoms with Gasteiger partial charge in [-0.15, -0.1) is 0 Å². The Morgan fingerprint density at radius 1 is 1.53 bits per heavy atom. The van der Waals surface area contributed by atoms with Crippen molar-refractivity contribution < 1.29 is 4.79 Å². The van der Waals surface area contributed by atoms with Gasteiger partial charge < -0.3 is 10.6 Å². The molecule has 0 aliphatic carbocycles. The Morgan fingerprint density at radius 2 is 2.33 bits per heavy atom. The van der Waals surface area contributed by atoms with E-state index in [0.717, 1.165) is 19.5 Å². The lowest BCUT2D eigenvalue weighted by molar-refractivity contribution is 0.0953. The fourth-order valence-corrected chi connectivity index (χ4v) is 1.22. The molecule has 5 nitrogen and oxygen atoms in total. The van der Waals surface area contributed by atoms with Crippen molar-refractivity contribution in [3.05, 3.63) is 18.0 Å². The number of nitrogens with one attached hydrogen (secondary N) is 2. The Bertz CT molecular complexity index is 308. The summed E-state index contributed by atoms with van der Waals surface area (Å²) in [6.07, 6.45) is 4.29. The molecule has 2 N–H and O–H groups in total. The average molecular weight is 210 g/mol. The number of amides is 1. The number of nitrogens with zero attached hydrogens (tertiary/aromatic N) is 2. The molecule has 1 heterocycles. The predicted octanol–water partition coefficient (Wildman–Crippen LogP) is 0.242. The highest BCUT2D eigenvalue weighted by atomic mass is 16.1. The highest BCUT2D eigenvalue weighted by molar-refractivity contribution is 5.93. The van der Waals surface area contributed by atoms with Crippen LogP contribution in [-0.2, 0) is 6.54 Å². The smallest absolute Gasteiger partial charge is 0.254 e. The van der Waals surface area contributed by atoms with Crippen LogP contribution in [0.15, 0.2) is 12.4 Å². The highest BCUT2D eigenvalue weighted by Crippen LogP contribution is 1.97. The van der Waals surface area contributed by atoms with Crippen molar-refractivity contribution >= 4 is 5.91 Å². The summed E-state index contributed by atoms with van der Waals surface area (Å²) in [7, 11) is 1.90. The maximum atomic E-state index is 11.6. The van der Waals surface area contributed by atoms with Gasteiger partial charge in [-0.25, -0.2) is 0 Å². The molecule has 0 aliphatic rings. The van der Waals surface area contributed by atoms with Crippen LogP contribution in [0.3, 0.4) is 0 Å². The zero-order chi connectivity index (χ0) is 11.1. The van der Waals surface area contributed by atoms with Crippen LogP contribution < -0.4 is 10.6 Å². The number of carbonyl (C=O) groups excluding carboxylic acids is 1. The van der Waals surface area contributed by atoms with Crippen molar-refractivity contribution in [2.75, 3.05) is 20.1 Å². The normalized spacial score (nSPS) is 10.3. The molecule has 0 fully saturated rings. The first-order valence-electron chi connectivity index (χ1n) is 5.23. The van der Waals surface area contributed by atoms with Gasteiger partial charge in [0.1, 0.15) is 0 Å². The summed E-state index contributed by atoms with van der Waals surface area (Å²) in [5.41, 5.74) is 0.626. The van der Waals surface area contributed by atoms with Gasteiger partial charge in [-0.2, -0.15) is 5.10 Å². The van der Waals surface area contributed by atoms with Crippen LogP contribution in [0.5, 0.6) is 0 Å². The van der Waals surface area contributed by atoms with Crippen LogP contribution in [0, 0.1) is 0 Å². The molecule has 0 spiro atoms. The molecular formula is C10H18N4O. The lowest BCUT2D eigenvalue weighted by atomic mass is 10.3. The molecule has 1 aromatic heterocycles. The molecule has 84 valence electrons. The van der Waals surface area contributed by atoms with Crippen LogP contribution in [-0.4, -0.2) is 35.8 Å². The summed E-state index contributed by atoms with van der Waals surface area (Å²) in [5, 5.41) is 9.91. The maximum Gasteiger partial charge on any atom is 0.254 e. The fraction of sp³-hybridized carbons (Fsp3) is 0.600. The van der Waals surface area contributed by atoms with Crippen LogP contribution in [0.4, 0.5) is 0 Å². The Kier molecular flexibility index (Phi) is 4.83. The van der Waals surface area contributed by atoms with Crippen LogP contribution >= 0.6 is 0 Å². The monoisotopic (exact) mass is 210 g/mol. The van der Waals surface area contributed by atoms with Gasteiger partial charge in [0.25, 0.3) is 5.91 Å². The lowest BCUT2D eigenvalue weighted by Crippen LogP contribution is -2.26. The minimum Gasteiger partial charge on any atom is -0.352 e. The summed E-state index contributed by atoms with van der Waals surface area (Å²) in [4.78, 5) is 11.6. The van der Waals surface area contributed by atoms with E-state index in [0.29, 0.717) is 12.1 Å². The number of carbonyl (C=O) groups is 1. The van der Waals surface area contributed by atoms with Crippen molar-refractivity contribution in [3.8, 4) is 0 Å². The van der Waals surface area contributed by atoms with Crippen LogP contribution in [0.25, 0.3) is 0 Å². The van der Waals surface area contributed by atoms with Crippen molar-refractivity contribution in [1.29, 1.82) is 0 Å². The zero-order valence-corrected chi connectivity index (χ0v) is 9.29. The Labute approximate surface area is 89.9 Å². The molecule has 0 aromatic carbocycles. The molecular weight excluding hydrogens is 192 g/mol. The van der Waals surface area contributed by atoms with E-state index in [9.17, 15) is 4.79 Å². The van der Waals surface area contributed by atoms with E-state index >= 15 is 0 Å². The SMILES string of the molecule is CCn1cc(C(=O)NCCCNC)cn1. The third-order valence-electron chi connectivity index (χ3n) is 2.11. The fourth-order valence-electron chi connectivity index (χ4n) is 1.22. The second-order valence-electron chi connectivity index (χ2n) is 3.30. The van der Waals surface area contributed by atoms with Gasteiger partial charge in [0.15, 0.2) is 0 Å². The van der Waals surface area contributed by atoms with E-state index in [-0.39, 0.29) is 5.91 Å². The molecule has 5 heteroatoms. The van der Waals surface area contributed by atoms with E-state index in [2.05, 4.69) is 15.7 Å². The number of aromatic nitrogens is 2. The molecule has 0 saturated carbocycles. The van der Waals surface area contributed by atoms with Gasteiger partial charge in [0.2, 0.25) is 0 Å². The highest BCUT2D eigenvalue weighted by Gasteiger charge is 2.06.